The van der Waals surface area contributed by atoms with Gasteiger partial charge in [-0.15, -0.1) is 0 Å². The van der Waals surface area contributed by atoms with E-state index in [4.69, 9.17) is 17.3 Å². The third-order valence-corrected chi connectivity index (χ3v) is 7.28. The topological polar surface area (TPSA) is 112 Å². The third kappa shape index (κ3) is 6.25. The van der Waals surface area contributed by atoms with E-state index in [-0.39, 0.29) is 23.4 Å². The van der Waals surface area contributed by atoms with Crippen LogP contribution in [-0.4, -0.2) is 51.9 Å². The number of aromatic nitrogens is 2. The van der Waals surface area contributed by atoms with Gasteiger partial charge in [0.25, 0.3) is 5.91 Å². The minimum atomic E-state index is -4.72. The van der Waals surface area contributed by atoms with Gasteiger partial charge in [-0.2, -0.15) is 18.3 Å². The number of nitrogens with zero attached hydrogens (tertiary/aromatic N) is 4. The van der Waals surface area contributed by atoms with Crippen molar-refractivity contribution in [1.82, 2.24) is 20.1 Å². The molecule has 0 unspecified atom stereocenters. The number of benzene rings is 2. The molecule has 0 bridgehead atoms. The van der Waals surface area contributed by atoms with Crippen LogP contribution in [-0.2, 0) is 19.8 Å². The number of nitrogens with one attached hydrogen (secondary N) is 2. The number of carbonyl (C=O) groups is 1. The molecule has 2 heterocycles. The number of halogens is 4. The number of aryl methyl sites for hydroxylation is 2. The zero-order valence-electron chi connectivity index (χ0n) is 22.5. The summed E-state index contributed by atoms with van der Waals surface area (Å²) in [6.07, 6.45) is -1.91. The molecule has 1 aliphatic rings. The lowest BCUT2D eigenvalue weighted by molar-refractivity contribution is -0.137. The Balaban J connectivity index is 1.62. The highest BCUT2D eigenvalue weighted by atomic mass is 35.5. The standard InChI is InChI=1S/C27H31ClF3N7O2/c1-15-5-6-17(8-24(15)38(33-3)14-23(32)21-10-34-36(4)16(21)2)26(40)35-19-7-18(11-37-12-20(39)13-37)25(28)22(9-19)27(29,30)31/h5-10,14,20,33,39H,11-13,32H2,1-4H3,(H,35,40)/b23-14-. The number of alkyl halides is 3. The second-order valence-corrected chi connectivity index (χ2v) is 10.1. The van der Waals surface area contributed by atoms with Gasteiger partial charge < -0.3 is 16.2 Å². The fraction of sp³-hybridized carbons (Fsp3) is 0.333. The number of carbonyl (C=O) groups excluding carboxylic acids is 1. The molecule has 0 spiro atoms. The summed E-state index contributed by atoms with van der Waals surface area (Å²) in [4.78, 5) is 15.0. The number of likely N-dealkylation sites (tertiary alicyclic amines) is 1. The van der Waals surface area contributed by atoms with E-state index in [1.165, 1.54) is 6.07 Å². The number of β-amino-alcohol motifs (C(OH)–C–C–N with tert-alkyl or cyclic N) is 1. The Labute approximate surface area is 235 Å². The van der Waals surface area contributed by atoms with Crippen molar-refractivity contribution >= 4 is 34.6 Å². The van der Waals surface area contributed by atoms with Crippen molar-refractivity contribution in [2.45, 2.75) is 32.7 Å². The first-order valence-corrected chi connectivity index (χ1v) is 12.8. The number of hydrazine groups is 1. The third-order valence-electron chi connectivity index (χ3n) is 6.83. The van der Waals surface area contributed by atoms with Crippen LogP contribution in [0.3, 0.4) is 0 Å². The number of anilines is 2. The van der Waals surface area contributed by atoms with Crippen LogP contribution in [0.25, 0.3) is 5.70 Å². The molecule has 9 nitrogen and oxygen atoms in total. The summed E-state index contributed by atoms with van der Waals surface area (Å²) in [7, 11) is 3.50. The molecule has 0 saturated carbocycles. The Hall–Kier alpha value is -3.58. The second kappa shape index (κ2) is 11.5. The van der Waals surface area contributed by atoms with Crippen LogP contribution in [0.15, 0.2) is 42.7 Å². The lowest BCUT2D eigenvalue weighted by Gasteiger charge is -2.36. The van der Waals surface area contributed by atoms with Crippen LogP contribution in [0.1, 0.15) is 38.3 Å². The fourth-order valence-corrected chi connectivity index (χ4v) is 4.73. The number of aliphatic hydroxyl groups excluding tert-OH is 1. The summed E-state index contributed by atoms with van der Waals surface area (Å²) in [5.74, 6) is -0.599. The molecule has 1 saturated heterocycles. The van der Waals surface area contributed by atoms with Crippen LogP contribution < -0.4 is 21.5 Å². The molecule has 5 N–H and O–H groups in total. The lowest BCUT2D eigenvalue weighted by atomic mass is 10.0. The van der Waals surface area contributed by atoms with Crippen molar-refractivity contribution in [2.24, 2.45) is 12.8 Å². The molecule has 0 atom stereocenters. The van der Waals surface area contributed by atoms with Gasteiger partial charge in [-0.05, 0) is 49.2 Å². The van der Waals surface area contributed by atoms with E-state index in [2.05, 4.69) is 15.8 Å². The first-order chi connectivity index (χ1) is 18.8. The molecule has 1 amide bonds. The average molecular weight is 578 g/mol. The predicted molar refractivity (Wildman–Crippen MR) is 149 cm³/mol. The highest BCUT2D eigenvalue weighted by Crippen LogP contribution is 2.39. The normalized spacial score (nSPS) is 14.8. The molecular formula is C27H31ClF3N7O2. The molecule has 4 rings (SSSR count). The average Bonchev–Trinajstić information content (AvgIpc) is 3.21. The van der Waals surface area contributed by atoms with E-state index < -0.39 is 28.8 Å². The molecule has 0 aliphatic carbocycles. The van der Waals surface area contributed by atoms with Gasteiger partial charge >= 0.3 is 6.18 Å². The number of hydrogen-bond donors (Lipinski definition) is 4. The molecule has 13 heteroatoms. The van der Waals surface area contributed by atoms with Gasteiger partial charge in [0.15, 0.2) is 0 Å². The van der Waals surface area contributed by atoms with Crippen molar-refractivity contribution < 1.29 is 23.1 Å². The summed E-state index contributed by atoms with van der Waals surface area (Å²) in [5.41, 5.74) is 12.2. The fourth-order valence-electron chi connectivity index (χ4n) is 4.45. The van der Waals surface area contributed by atoms with Gasteiger partial charge in [0.05, 0.1) is 34.3 Å². The SMILES string of the molecule is CNN(/C=C(\N)c1cnn(C)c1C)c1cc(C(=O)Nc2cc(CN3CC(O)C3)c(Cl)c(C(F)(F)F)c2)ccc1C. The zero-order valence-corrected chi connectivity index (χ0v) is 23.2. The van der Waals surface area contributed by atoms with Gasteiger partial charge in [-0.1, -0.05) is 17.7 Å². The predicted octanol–water partition coefficient (Wildman–Crippen LogP) is 4.04. The maximum absolute atomic E-state index is 13.8. The molecule has 1 aromatic heterocycles. The minimum absolute atomic E-state index is 0.0402. The molecule has 1 fully saturated rings. The quantitative estimate of drug-likeness (QED) is 0.299. The number of nitrogens with two attached hydrogens (primary N) is 1. The van der Waals surface area contributed by atoms with Crippen LogP contribution in [0.4, 0.5) is 24.5 Å². The molecule has 40 heavy (non-hydrogen) atoms. The lowest BCUT2D eigenvalue weighted by Crippen LogP contribution is -2.49. The first kappa shape index (κ1) is 29.4. The zero-order chi connectivity index (χ0) is 29.4. The van der Waals surface area contributed by atoms with Gasteiger partial charge in [0, 0.05) is 62.4 Å². The molecular weight excluding hydrogens is 547 g/mol. The minimum Gasteiger partial charge on any atom is -0.397 e. The van der Waals surface area contributed by atoms with Crippen LogP contribution in [0.5, 0.6) is 0 Å². The molecule has 1 aliphatic heterocycles. The van der Waals surface area contributed by atoms with E-state index in [1.54, 1.807) is 52.2 Å². The number of aliphatic hydroxyl groups is 1. The van der Waals surface area contributed by atoms with Crippen molar-refractivity contribution in [3.8, 4) is 0 Å². The Morgan fingerprint density at radius 1 is 1.27 bits per heavy atom. The summed E-state index contributed by atoms with van der Waals surface area (Å²) in [5, 5.41) is 17.5. The van der Waals surface area contributed by atoms with Crippen molar-refractivity contribution in [1.29, 1.82) is 0 Å². The number of amides is 1. The van der Waals surface area contributed by atoms with Crippen LogP contribution in [0.2, 0.25) is 5.02 Å². The van der Waals surface area contributed by atoms with Gasteiger partial charge in [0.2, 0.25) is 0 Å². The number of rotatable bonds is 8. The Kier molecular flexibility index (Phi) is 8.45. The molecule has 0 radical (unpaired) electrons. The maximum atomic E-state index is 13.8. The van der Waals surface area contributed by atoms with E-state index in [9.17, 15) is 23.1 Å². The maximum Gasteiger partial charge on any atom is 0.417 e. The van der Waals surface area contributed by atoms with E-state index >= 15 is 0 Å². The highest BCUT2D eigenvalue weighted by molar-refractivity contribution is 6.32. The van der Waals surface area contributed by atoms with Crippen molar-refractivity contribution in [3.63, 3.8) is 0 Å². The first-order valence-electron chi connectivity index (χ1n) is 12.4. The monoisotopic (exact) mass is 577 g/mol. The summed E-state index contributed by atoms with van der Waals surface area (Å²) < 4.78 is 43.0. The summed E-state index contributed by atoms with van der Waals surface area (Å²) >= 11 is 6.11. The van der Waals surface area contributed by atoms with E-state index in [1.807, 2.05) is 20.9 Å². The smallest absolute Gasteiger partial charge is 0.397 e. The summed E-state index contributed by atoms with van der Waals surface area (Å²) in [6.45, 7) is 4.53. The molecule has 2 aromatic carbocycles. The van der Waals surface area contributed by atoms with Gasteiger partial charge in [-0.3, -0.25) is 19.4 Å². The Bertz CT molecular complexity index is 1450. The highest BCUT2D eigenvalue weighted by Gasteiger charge is 2.35. The Morgan fingerprint density at radius 2 is 1.98 bits per heavy atom. The van der Waals surface area contributed by atoms with E-state index in [0.29, 0.717) is 24.5 Å². The Morgan fingerprint density at radius 3 is 2.55 bits per heavy atom. The van der Waals surface area contributed by atoms with E-state index in [0.717, 1.165) is 22.9 Å². The summed E-state index contributed by atoms with van der Waals surface area (Å²) in [6, 6.07) is 7.18. The van der Waals surface area contributed by atoms with Crippen molar-refractivity contribution in [2.75, 3.05) is 30.5 Å². The van der Waals surface area contributed by atoms with Gasteiger partial charge in [-0.25, -0.2) is 5.43 Å². The van der Waals surface area contributed by atoms with Crippen molar-refractivity contribution in [3.05, 3.63) is 81.3 Å². The van der Waals surface area contributed by atoms with Gasteiger partial charge in [0.1, 0.15) is 0 Å². The second-order valence-electron chi connectivity index (χ2n) is 9.74. The van der Waals surface area contributed by atoms with Crippen LogP contribution in [0, 0.1) is 13.8 Å². The number of hydrogen-bond acceptors (Lipinski definition) is 7. The molecule has 214 valence electrons. The molecule has 3 aromatic rings. The largest absolute Gasteiger partial charge is 0.417 e. The van der Waals surface area contributed by atoms with Crippen LogP contribution >= 0.6 is 11.6 Å².